The summed E-state index contributed by atoms with van der Waals surface area (Å²) in [5.41, 5.74) is 0.370. The van der Waals surface area contributed by atoms with Gasteiger partial charge in [0.15, 0.2) is 0 Å². The second kappa shape index (κ2) is 7.07. The van der Waals surface area contributed by atoms with Crippen LogP contribution in [0.5, 0.6) is 0 Å². The maximum Gasteiger partial charge on any atom is 0.273 e. The summed E-state index contributed by atoms with van der Waals surface area (Å²) in [5, 5.41) is 13.6. The number of sulfonamides is 1. The molecule has 0 aliphatic carbocycles. The third kappa shape index (κ3) is 3.78. The van der Waals surface area contributed by atoms with Crippen LogP contribution in [-0.2, 0) is 16.6 Å². The zero-order valence-corrected chi connectivity index (χ0v) is 14.5. The lowest BCUT2D eigenvalue weighted by molar-refractivity contribution is -0.385. The number of hydrogen-bond acceptors (Lipinski definition) is 6. The number of amides is 1. The van der Waals surface area contributed by atoms with Crippen LogP contribution in [0.15, 0.2) is 34.5 Å². The van der Waals surface area contributed by atoms with Crippen LogP contribution in [0.25, 0.3) is 0 Å². The summed E-state index contributed by atoms with van der Waals surface area (Å²) in [4.78, 5) is 23.2. The Morgan fingerprint density at radius 2 is 2.00 bits per heavy atom. The van der Waals surface area contributed by atoms with Crippen molar-refractivity contribution in [2.75, 3.05) is 7.05 Å². The van der Waals surface area contributed by atoms with Crippen molar-refractivity contribution in [3.63, 3.8) is 0 Å². The van der Waals surface area contributed by atoms with E-state index in [0.29, 0.717) is 4.88 Å². The van der Waals surface area contributed by atoms with Gasteiger partial charge < -0.3 is 5.32 Å². The Balaban J connectivity index is 2.12. The Morgan fingerprint density at radius 3 is 2.62 bits per heavy atom. The number of carbonyl (C=O) groups is 1. The van der Waals surface area contributed by atoms with E-state index in [1.54, 1.807) is 6.07 Å². The summed E-state index contributed by atoms with van der Waals surface area (Å²) in [6.45, 7) is 1.64. The fraction of sp³-hybridized carbons (Fsp3) is 0.214. The van der Waals surface area contributed by atoms with Crippen molar-refractivity contribution in [1.29, 1.82) is 0 Å². The van der Waals surface area contributed by atoms with Crippen molar-refractivity contribution in [1.82, 2.24) is 10.0 Å². The number of hydrogen-bond donors (Lipinski definition) is 2. The van der Waals surface area contributed by atoms with E-state index in [-0.39, 0.29) is 27.6 Å². The van der Waals surface area contributed by atoms with Crippen LogP contribution in [0, 0.1) is 17.0 Å². The Bertz CT molecular complexity index is 890. The number of nitro benzene ring substituents is 1. The number of nitrogens with zero attached hydrogens (tertiary/aromatic N) is 1. The van der Waals surface area contributed by atoms with Gasteiger partial charge in [-0.2, -0.15) is 0 Å². The number of nitro groups is 1. The molecule has 24 heavy (non-hydrogen) atoms. The molecule has 0 unspecified atom stereocenters. The van der Waals surface area contributed by atoms with E-state index in [9.17, 15) is 23.3 Å². The van der Waals surface area contributed by atoms with Gasteiger partial charge in [-0.1, -0.05) is 6.07 Å². The molecule has 128 valence electrons. The van der Waals surface area contributed by atoms with E-state index in [1.807, 2.05) is 0 Å². The highest BCUT2D eigenvalue weighted by atomic mass is 32.2. The predicted octanol–water partition coefficient (Wildman–Crippen LogP) is 1.80. The first-order chi connectivity index (χ1) is 11.3. The fourth-order valence-corrected chi connectivity index (χ4v) is 4.16. The molecule has 8 nitrogen and oxygen atoms in total. The Labute approximate surface area is 142 Å². The summed E-state index contributed by atoms with van der Waals surface area (Å²) in [7, 11) is -2.19. The van der Waals surface area contributed by atoms with Crippen LogP contribution < -0.4 is 10.0 Å². The minimum atomic E-state index is -3.51. The van der Waals surface area contributed by atoms with Gasteiger partial charge in [-0.05, 0) is 32.2 Å². The lowest BCUT2D eigenvalue weighted by atomic mass is 10.1. The van der Waals surface area contributed by atoms with Crippen LogP contribution in [0.3, 0.4) is 0 Å². The number of carbonyl (C=O) groups excluding carboxylic acids is 1. The van der Waals surface area contributed by atoms with Crippen LogP contribution in [0.1, 0.15) is 20.8 Å². The van der Waals surface area contributed by atoms with E-state index in [0.717, 1.165) is 11.3 Å². The minimum Gasteiger partial charge on any atom is -0.347 e. The number of benzene rings is 1. The minimum absolute atomic E-state index is 0.124. The largest absolute Gasteiger partial charge is 0.347 e. The number of thiophene rings is 1. The van der Waals surface area contributed by atoms with Crippen molar-refractivity contribution >= 4 is 33.0 Å². The van der Waals surface area contributed by atoms with Crippen LogP contribution in [-0.4, -0.2) is 26.3 Å². The smallest absolute Gasteiger partial charge is 0.273 e. The van der Waals surface area contributed by atoms with Gasteiger partial charge in [-0.3, -0.25) is 14.9 Å². The number of rotatable bonds is 6. The first kappa shape index (κ1) is 18.0. The molecule has 0 spiro atoms. The summed E-state index contributed by atoms with van der Waals surface area (Å²) in [6, 6.07) is 7.35. The standard InChI is InChI=1S/C14H15N3O5S2/c1-9-11(4-3-5-12(9)17(19)20)14(18)16-8-10-6-7-13(23-10)24(21,22)15-2/h3-7,15H,8H2,1-2H3,(H,16,18). The monoisotopic (exact) mass is 369 g/mol. The molecular formula is C14H15N3O5S2. The molecule has 0 radical (unpaired) electrons. The number of nitrogens with one attached hydrogen (secondary N) is 2. The predicted molar refractivity (Wildman–Crippen MR) is 89.6 cm³/mol. The van der Waals surface area contributed by atoms with Gasteiger partial charge in [-0.25, -0.2) is 13.1 Å². The molecule has 10 heteroatoms. The van der Waals surface area contributed by atoms with Gasteiger partial charge in [0.05, 0.1) is 11.5 Å². The molecule has 1 amide bonds. The van der Waals surface area contributed by atoms with E-state index < -0.39 is 20.9 Å². The molecule has 1 aromatic heterocycles. The van der Waals surface area contributed by atoms with Crippen molar-refractivity contribution < 1.29 is 18.1 Å². The summed E-state index contributed by atoms with van der Waals surface area (Å²) < 4.78 is 25.7. The fourth-order valence-electron chi connectivity index (χ4n) is 2.03. The quantitative estimate of drug-likeness (QED) is 0.594. The van der Waals surface area contributed by atoms with Gasteiger partial charge in [-0.15, -0.1) is 11.3 Å². The molecule has 0 atom stereocenters. The Morgan fingerprint density at radius 1 is 1.29 bits per heavy atom. The second-order valence-corrected chi connectivity index (χ2v) is 8.10. The van der Waals surface area contributed by atoms with Crippen LogP contribution >= 0.6 is 11.3 Å². The zero-order valence-electron chi connectivity index (χ0n) is 12.9. The molecule has 0 fully saturated rings. The molecule has 0 saturated heterocycles. The highest BCUT2D eigenvalue weighted by molar-refractivity contribution is 7.91. The van der Waals surface area contributed by atoms with Crippen LogP contribution in [0.4, 0.5) is 5.69 Å². The first-order valence-electron chi connectivity index (χ1n) is 6.80. The average Bonchev–Trinajstić information content (AvgIpc) is 3.02. The van der Waals surface area contributed by atoms with Crippen molar-refractivity contribution in [2.24, 2.45) is 0 Å². The summed E-state index contributed by atoms with van der Waals surface area (Å²) in [6.07, 6.45) is 0. The molecule has 2 N–H and O–H groups in total. The topological polar surface area (TPSA) is 118 Å². The summed E-state index contributed by atoms with van der Waals surface area (Å²) in [5.74, 6) is -0.456. The van der Waals surface area contributed by atoms with E-state index >= 15 is 0 Å². The Hall–Kier alpha value is -2.30. The lowest BCUT2D eigenvalue weighted by Gasteiger charge is -2.07. The van der Waals surface area contributed by atoms with Crippen molar-refractivity contribution in [3.05, 3.63) is 56.5 Å². The van der Waals surface area contributed by atoms with Gasteiger partial charge in [0.1, 0.15) is 4.21 Å². The zero-order chi connectivity index (χ0) is 17.9. The van der Waals surface area contributed by atoms with Crippen molar-refractivity contribution in [3.8, 4) is 0 Å². The third-order valence-electron chi connectivity index (χ3n) is 3.34. The molecule has 0 bridgehead atoms. The molecule has 1 heterocycles. The molecule has 0 aliphatic heterocycles. The molecule has 1 aromatic carbocycles. The molecule has 2 rings (SSSR count). The maximum absolute atomic E-state index is 12.2. The summed E-state index contributed by atoms with van der Waals surface area (Å²) >= 11 is 1.04. The molecular weight excluding hydrogens is 354 g/mol. The van der Waals surface area contributed by atoms with Crippen molar-refractivity contribution in [2.45, 2.75) is 17.7 Å². The van der Waals surface area contributed by atoms with Gasteiger partial charge in [0.2, 0.25) is 10.0 Å². The molecule has 2 aromatic rings. The highest BCUT2D eigenvalue weighted by Gasteiger charge is 2.18. The van der Waals surface area contributed by atoms with Crippen LogP contribution in [0.2, 0.25) is 0 Å². The molecule has 0 saturated carbocycles. The van der Waals surface area contributed by atoms with E-state index in [2.05, 4.69) is 10.0 Å². The first-order valence-corrected chi connectivity index (χ1v) is 9.10. The van der Waals surface area contributed by atoms with Gasteiger partial charge in [0.25, 0.3) is 11.6 Å². The lowest BCUT2D eigenvalue weighted by Crippen LogP contribution is -2.23. The molecule has 0 aliphatic rings. The maximum atomic E-state index is 12.2. The average molecular weight is 369 g/mol. The normalized spacial score (nSPS) is 11.2. The van der Waals surface area contributed by atoms with E-state index in [4.69, 9.17) is 0 Å². The Kier molecular flexibility index (Phi) is 5.32. The SMILES string of the molecule is CNS(=O)(=O)c1ccc(CNC(=O)c2cccc([N+](=O)[O-])c2C)s1. The second-order valence-electron chi connectivity index (χ2n) is 4.82. The van der Waals surface area contributed by atoms with Gasteiger partial charge >= 0.3 is 0 Å². The third-order valence-corrected chi connectivity index (χ3v) is 6.33. The van der Waals surface area contributed by atoms with E-state index in [1.165, 1.54) is 38.2 Å². The highest BCUT2D eigenvalue weighted by Crippen LogP contribution is 2.23. The van der Waals surface area contributed by atoms with Gasteiger partial charge in [0, 0.05) is 22.1 Å².